The van der Waals surface area contributed by atoms with E-state index in [1.807, 2.05) is 0 Å². The summed E-state index contributed by atoms with van der Waals surface area (Å²) in [7, 11) is 40.4. The molecule has 0 aromatic rings. The SMILES string of the molecule is [S]=[Co](=[S])(=[S])(=[S])(=[S])(=[S])(=[S])(=[S])=[S]. The Morgan fingerprint density at radius 3 is 0.400 bits per heavy atom. The molecule has 0 aliphatic carbocycles. The van der Waals surface area contributed by atoms with Crippen molar-refractivity contribution in [2.24, 2.45) is 0 Å². The average molecular weight is 348 g/mol. The molecular formula is CoS9. The quantitative estimate of drug-likeness (QED) is 0.526. The number of hydrogen-bond donors (Lipinski definition) is 0. The fourth-order valence-corrected chi connectivity index (χ4v) is 0. The van der Waals surface area contributed by atoms with E-state index in [1.54, 1.807) is 0 Å². The van der Waals surface area contributed by atoms with E-state index in [1.165, 1.54) is 0 Å². The van der Waals surface area contributed by atoms with E-state index in [0.29, 0.717) is 0 Å². The molecule has 63 valence electrons. The molecule has 0 rings (SSSR count). The summed E-state index contributed by atoms with van der Waals surface area (Å²) in [6.07, 6.45) is 0. The van der Waals surface area contributed by atoms with Crippen LogP contribution in [0.3, 0.4) is 0 Å². The number of hydrogen-bond acceptors (Lipinski definition) is 9. The molecule has 0 amide bonds. The van der Waals surface area contributed by atoms with Gasteiger partial charge in [0.05, 0.1) is 0 Å². The van der Waals surface area contributed by atoms with Crippen LogP contribution in [0.1, 0.15) is 0 Å². The van der Waals surface area contributed by atoms with Crippen molar-refractivity contribution >= 4 is 95.4 Å². The molecule has 0 fully saturated rings. The second-order valence-corrected chi connectivity index (χ2v) is 74.2. The minimum atomic E-state index is -7.08. The van der Waals surface area contributed by atoms with E-state index >= 15 is 0 Å². The van der Waals surface area contributed by atoms with Gasteiger partial charge in [-0.3, -0.25) is 0 Å². The Hall–Kier alpha value is 2.49. The van der Waals surface area contributed by atoms with Crippen molar-refractivity contribution in [2.45, 2.75) is 0 Å². The molecule has 10 heteroatoms. The second-order valence-electron chi connectivity index (χ2n) is 2.00. The van der Waals surface area contributed by atoms with Crippen molar-refractivity contribution in [1.82, 2.24) is 0 Å². The summed E-state index contributed by atoms with van der Waals surface area (Å²) in [5.74, 6) is 0. The first-order valence-electron chi connectivity index (χ1n) is 1.22. The van der Waals surface area contributed by atoms with E-state index in [0.717, 1.165) is 0 Å². The fraction of sp³-hybridized carbons (Fsp3) is 0. The molecule has 0 saturated carbocycles. The molecule has 0 bridgehead atoms. The van der Waals surface area contributed by atoms with E-state index in [2.05, 4.69) is 95.4 Å². The molecule has 10 heavy (non-hydrogen) atoms. The summed E-state index contributed by atoms with van der Waals surface area (Å²) >= 11 is 0. The Kier molecular flexibility index (Phi) is 1.06. The maximum absolute atomic E-state index is 7.08. The van der Waals surface area contributed by atoms with E-state index in [4.69, 9.17) is 0 Å². The molecule has 0 unspecified atom stereocenters. The third kappa shape index (κ3) is 153. The van der Waals surface area contributed by atoms with Crippen molar-refractivity contribution < 1.29 is -7.12 Å². The third-order valence-corrected chi connectivity index (χ3v) is 0. The molecule has 0 saturated heterocycles. The summed E-state index contributed by atoms with van der Waals surface area (Å²) in [6.45, 7) is 0. The third-order valence-electron chi connectivity index (χ3n) is 0. The van der Waals surface area contributed by atoms with Gasteiger partial charge in [0.15, 0.2) is 0 Å². The van der Waals surface area contributed by atoms with Crippen LogP contribution in [0.2, 0.25) is 0 Å². The van der Waals surface area contributed by atoms with Crippen LogP contribution in [0.4, 0.5) is 0 Å². The van der Waals surface area contributed by atoms with Crippen LogP contribution in [0.15, 0.2) is 0 Å². The predicted octanol–water partition coefficient (Wildman–Crippen LogP) is 5.83. The van der Waals surface area contributed by atoms with Crippen LogP contribution >= 0.6 is 95.4 Å². The normalized spacial score (nSPS) is 34.2. The number of rotatable bonds is 0. The van der Waals surface area contributed by atoms with Gasteiger partial charge in [-0.25, -0.2) is 0 Å². The van der Waals surface area contributed by atoms with Gasteiger partial charge in [0.1, 0.15) is 0 Å². The van der Waals surface area contributed by atoms with E-state index in [-0.39, 0.29) is 0 Å². The Balaban J connectivity index is 13.1. The fourth-order valence-electron chi connectivity index (χ4n) is 0. The summed E-state index contributed by atoms with van der Waals surface area (Å²) in [5.41, 5.74) is 0. The van der Waals surface area contributed by atoms with Gasteiger partial charge in [-0.2, -0.15) is 0 Å². The van der Waals surface area contributed by atoms with Gasteiger partial charge >= 0.3 is 88.3 Å². The second kappa shape index (κ2) is 0.853. The van der Waals surface area contributed by atoms with Crippen molar-refractivity contribution in [3.63, 3.8) is 0 Å². The zero-order valence-electron chi connectivity index (χ0n) is 4.01. The van der Waals surface area contributed by atoms with Crippen molar-refractivity contribution in [3.8, 4) is 0 Å². The molecule has 0 nitrogen and oxygen atoms in total. The molecule has 0 aromatic carbocycles. The first-order valence-corrected chi connectivity index (χ1v) is 15.1. The standard InChI is InChI=1S/Co.9S. The topological polar surface area (TPSA) is 0 Å². The Labute approximate surface area is 86.5 Å². The van der Waals surface area contributed by atoms with Crippen LogP contribution < -0.4 is 0 Å². The zero-order valence-corrected chi connectivity index (χ0v) is 12.4. The molecule has 0 heterocycles. The van der Waals surface area contributed by atoms with Gasteiger partial charge in [-0.05, 0) is 0 Å². The molecule has 0 aromatic heterocycles. The van der Waals surface area contributed by atoms with E-state index in [9.17, 15) is 0 Å². The van der Waals surface area contributed by atoms with Crippen LogP contribution in [0.5, 0.6) is 0 Å². The molecular weight excluding hydrogens is 348 g/mol. The van der Waals surface area contributed by atoms with Gasteiger partial charge in [0.2, 0.25) is 0 Å². The minimum absolute atomic E-state index is 4.49. The average Bonchev–Trinajstić information content (AvgIpc) is 0.469. The van der Waals surface area contributed by atoms with Crippen LogP contribution in [0.25, 0.3) is 0 Å². The van der Waals surface area contributed by atoms with Crippen molar-refractivity contribution in [2.75, 3.05) is 0 Å². The molecule has 0 aliphatic rings. The van der Waals surface area contributed by atoms with Crippen molar-refractivity contribution in [3.05, 3.63) is 0 Å². The Morgan fingerprint density at radius 2 is 0.400 bits per heavy atom. The summed E-state index contributed by atoms with van der Waals surface area (Å²) < 4.78 is -7.08. The zero-order chi connectivity index (χ0) is 9.33. The Bertz CT molecular complexity index is 1160. The van der Waals surface area contributed by atoms with Crippen LogP contribution in [0, 0.1) is 0 Å². The molecule has 0 aliphatic heterocycles. The predicted molar refractivity (Wildman–Crippen MR) is 68.3 cm³/mol. The summed E-state index contributed by atoms with van der Waals surface area (Å²) in [6, 6.07) is 0. The molecule has 0 spiro atoms. The van der Waals surface area contributed by atoms with Gasteiger partial charge in [-0.1, -0.05) is 0 Å². The molecule has 0 radical (unpaired) electrons. The molecule has 0 atom stereocenters. The van der Waals surface area contributed by atoms with Gasteiger partial charge in [-0.15, -0.1) is 0 Å². The van der Waals surface area contributed by atoms with E-state index < -0.39 is -7.12 Å². The van der Waals surface area contributed by atoms with Gasteiger partial charge in [0, 0.05) is 0 Å². The maximum atomic E-state index is 4.49. The first kappa shape index (κ1) is 12.5. The van der Waals surface area contributed by atoms with Gasteiger partial charge < -0.3 is 0 Å². The summed E-state index contributed by atoms with van der Waals surface area (Å²) in [5, 5.41) is 0. The van der Waals surface area contributed by atoms with Crippen molar-refractivity contribution in [1.29, 1.82) is 0 Å². The van der Waals surface area contributed by atoms with Crippen LogP contribution in [-0.2, 0) is -7.12 Å². The molecule has 0 N–H and O–H groups in total. The van der Waals surface area contributed by atoms with Crippen LogP contribution in [-0.4, -0.2) is 0 Å². The van der Waals surface area contributed by atoms with Gasteiger partial charge in [0.25, 0.3) is 0 Å². The Morgan fingerprint density at radius 1 is 0.400 bits per heavy atom. The summed E-state index contributed by atoms with van der Waals surface area (Å²) in [4.78, 5) is 0. The monoisotopic (exact) mass is 347 g/mol. The first-order chi connectivity index (χ1) is 3.00.